The lowest BCUT2D eigenvalue weighted by atomic mass is 10.0. The van der Waals surface area contributed by atoms with Crippen LogP contribution < -0.4 is 0 Å². The van der Waals surface area contributed by atoms with Crippen LogP contribution in [0.5, 0.6) is 0 Å². The summed E-state index contributed by atoms with van der Waals surface area (Å²) in [5, 5.41) is 10.2. The zero-order valence-electron chi connectivity index (χ0n) is 11.2. The molecule has 1 rings (SSSR count). The van der Waals surface area contributed by atoms with Crippen molar-refractivity contribution in [2.45, 2.75) is 32.4 Å². The molecule has 0 spiro atoms. The average Bonchev–Trinajstić information content (AvgIpc) is 2.43. The molecule has 1 aromatic carbocycles. The van der Waals surface area contributed by atoms with Crippen LogP contribution in [0.3, 0.4) is 0 Å². The molecule has 2 atom stereocenters. The number of aliphatic hydroxyl groups is 1. The standard InChI is InChI=1S/C15H21NO2/c1-4-5-11-14(17)16(3)12(2)15(18)13-9-7-6-8-10-13/h5-12,15,18H,4H2,1-3H3/b11-5+/t12-,15-/m1/s1. The van der Waals surface area contributed by atoms with Crippen molar-refractivity contribution < 1.29 is 9.90 Å². The van der Waals surface area contributed by atoms with Crippen molar-refractivity contribution in [1.29, 1.82) is 0 Å². The molecule has 0 aromatic heterocycles. The van der Waals surface area contributed by atoms with Gasteiger partial charge in [0.05, 0.1) is 12.1 Å². The number of carbonyl (C=O) groups excluding carboxylic acids is 1. The molecule has 0 saturated carbocycles. The van der Waals surface area contributed by atoms with Crippen molar-refractivity contribution in [1.82, 2.24) is 4.90 Å². The van der Waals surface area contributed by atoms with Crippen LogP contribution in [0.25, 0.3) is 0 Å². The molecule has 0 aliphatic rings. The number of amides is 1. The Morgan fingerprint density at radius 3 is 2.56 bits per heavy atom. The molecule has 0 radical (unpaired) electrons. The maximum absolute atomic E-state index is 11.8. The summed E-state index contributed by atoms with van der Waals surface area (Å²) in [6.07, 6.45) is 3.53. The molecular formula is C15H21NO2. The summed E-state index contributed by atoms with van der Waals surface area (Å²) in [4.78, 5) is 13.4. The Hall–Kier alpha value is -1.61. The predicted octanol–water partition coefficient (Wildman–Crippen LogP) is 2.53. The third-order valence-electron chi connectivity index (χ3n) is 3.05. The molecule has 1 aromatic rings. The fraction of sp³-hybridized carbons (Fsp3) is 0.400. The number of hydrogen-bond acceptors (Lipinski definition) is 2. The van der Waals surface area contributed by atoms with Crippen LogP contribution in [0.15, 0.2) is 42.5 Å². The van der Waals surface area contributed by atoms with Gasteiger partial charge in [0.1, 0.15) is 0 Å². The molecule has 1 amide bonds. The van der Waals surface area contributed by atoms with E-state index in [4.69, 9.17) is 0 Å². The van der Waals surface area contributed by atoms with Gasteiger partial charge in [-0.2, -0.15) is 0 Å². The smallest absolute Gasteiger partial charge is 0.246 e. The topological polar surface area (TPSA) is 40.5 Å². The number of allylic oxidation sites excluding steroid dienone is 1. The highest BCUT2D eigenvalue weighted by atomic mass is 16.3. The van der Waals surface area contributed by atoms with Gasteiger partial charge < -0.3 is 10.0 Å². The van der Waals surface area contributed by atoms with E-state index in [0.29, 0.717) is 0 Å². The highest BCUT2D eigenvalue weighted by Crippen LogP contribution is 2.19. The number of likely N-dealkylation sites (N-methyl/N-ethyl adjacent to an activating group) is 1. The minimum Gasteiger partial charge on any atom is -0.386 e. The van der Waals surface area contributed by atoms with Crippen molar-refractivity contribution in [2.75, 3.05) is 7.05 Å². The molecule has 0 unspecified atom stereocenters. The molecule has 0 heterocycles. The van der Waals surface area contributed by atoms with Crippen LogP contribution in [-0.2, 0) is 4.79 Å². The Bertz CT molecular complexity index is 400. The van der Waals surface area contributed by atoms with E-state index in [-0.39, 0.29) is 11.9 Å². The van der Waals surface area contributed by atoms with Crippen molar-refractivity contribution in [3.63, 3.8) is 0 Å². The van der Waals surface area contributed by atoms with Gasteiger partial charge in [-0.25, -0.2) is 0 Å². The Labute approximate surface area is 109 Å². The highest BCUT2D eigenvalue weighted by Gasteiger charge is 2.22. The largest absolute Gasteiger partial charge is 0.386 e. The molecule has 0 aliphatic carbocycles. The summed E-state index contributed by atoms with van der Waals surface area (Å²) < 4.78 is 0. The van der Waals surface area contributed by atoms with Crippen LogP contribution in [0.4, 0.5) is 0 Å². The molecule has 18 heavy (non-hydrogen) atoms. The normalized spacial score (nSPS) is 14.4. The lowest BCUT2D eigenvalue weighted by Gasteiger charge is -2.28. The summed E-state index contributed by atoms with van der Waals surface area (Å²) in [6.45, 7) is 3.82. The quantitative estimate of drug-likeness (QED) is 0.812. The van der Waals surface area contributed by atoms with E-state index >= 15 is 0 Å². The third kappa shape index (κ3) is 3.70. The fourth-order valence-corrected chi connectivity index (χ4v) is 1.68. The van der Waals surface area contributed by atoms with Gasteiger partial charge in [-0.3, -0.25) is 4.79 Å². The zero-order chi connectivity index (χ0) is 13.5. The number of carbonyl (C=O) groups is 1. The Balaban J connectivity index is 2.72. The Morgan fingerprint density at radius 2 is 2.00 bits per heavy atom. The van der Waals surface area contributed by atoms with Gasteiger partial charge in [0.25, 0.3) is 0 Å². The van der Waals surface area contributed by atoms with Gasteiger partial charge in [0, 0.05) is 7.05 Å². The van der Waals surface area contributed by atoms with E-state index in [9.17, 15) is 9.90 Å². The summed E-state index contributed by atoms with van der Waals surface area (Å²) in [5.74, 6) is -0.0840. The molecule has 3 heteroatoms. The number of aliphatic hydroxyl groups excluding tert-OH is 1. The maximum Gasteiger partial charge on any atom is 0.246 e. The lowest BCUT2D eigenvalue weighted by Crippen LogP contribution is -2.38. The molecule has 0 saturated heterocycles. The maximum atomic E-state index is 11.8. The summed E-state index contributed by atoms with van der Waals surface area (Å²) in [6, 6.07) is 9.12. The Morgan fingerprint density at radius 1 is 1.39 bits per heavy atom. The average molecular weight is 247 g/mol. The minimum atomic E-state index is -0.671. The number of hydrogen-bond donors (Lipinski definition) is 1. The molecule has 1 N–H and O–H groups in total. The van der Waals surface area contributed by atoms with Gasteiger partial charge in [0.2, 0.25) is 5.91 Å². The first-order valence-electron chi connectivity index (χ1n) is 6.24. The second-order valence-corrected chi connectivity index (χ2v) is 4.36. The fourth-order valence-electron chi connectivity index (χ4n) is 1.68. The van der Waals surface area contributed by atoms with Crippen LogP contribution in [-0.4, -0.2) is 29.0 Å². The lowest BCUT2D eigenvalue weighted by molar-refractivity contribution is -0.128. The second kappa shape index (κ2) is 6.97. The van der Waals surface area contributed by atoms with Gasteiger partial charge in [-0.1, -0.05) is 43.3 Å². The highest BCUT2D eigenvalue weighted by molar-refractivity contribution is 5.87. The number of rotatable bonds is 5. The molecule has 98 valence electrons. The van der Waals surface area contributed by atoms with Gasteiger partial charge >= 0.3 is 0 Å². The van der Waals surface area contributed by atoms with E-state index < -0.39 is 6.10 Å². The number of benzene rings is 1. The summed E-state index contributed by atoms with van der Waals surface area (Å²) in [7, 11) is 1.71. The van der Waals surface area contributed by atoms with Gasteiger partial charge in [-0.05, 0) is 25.0 Å². The molecule has 0 fully saturated rings. The third-order valence-corrected chi connectivity index (χ3v) is 3.05. The molecular weight excluding hydrogens is 226 g/mol. The first-order chi connectivity index (χ1) is 8.57. The van der Waals surface area contributed by atoms with Crippen LogP contribution >= 0.6 is 0 Å². The monoisotopic (exact) mass is 247 g/mol. The van der Waals surface area contributed by atoms with Crippen molar-refractivity contribution in [3.05, 3.63) is 48.0 Å². The van der Waals surface area contributed by atoms with E-state index in [2.05, 4.69) is 0 Å². The second-order valence-electron chi connectivity index (χ2n) is 4.36. The van der Waals surface area contributed by atoms with Crippen LogP contribution in [0.1, 0.15) is 31.9 Å². The minimum absolute atomic E-state index is 0.0840. The van der Waals surface area contributed by atoms with Crippen LogP contribution in [0, 0.1) is 0 Å². The summed E-state index contributed by atoms with van der Waals surface area (Å²) >= 11 is 0. The zero-order valence-corrected chi connectivity index (χ0v) is 11.2. The van der Waals surface area contributed by atoms with Crippen molar-refractivity contribution in [2.24, 2.45) is 0 Å². The van der Waals surface area contributed by atoms with Crippen LogP contribution in [0.2, 0.25) is 0 Å². The van der Waals surface area contributed by atoms with Gasteiger partial charge in [-0.15, -0.1) is 0 Å². The van der Waals surface area contributed by atoms with Gasteiger partial charge in [0.15, 0.2) is 0 Å². The van der Waals surface area contributed by atoms with Crippen molar-refractivity contribution >= 4 is 5.91 Å². The summed E-state index contributed by atoms with van der Waals surface area (Å²) in [5.41, 5.74) is 0.823. The van der Waals surface area contributed by atoms with E-state index in [0.717, 1.165) is 12.0 Å². The van der Waals surface area contributed by atoms with E-state index in [1.807, 2.05) is 50.3 Å². The number of nitrogens with zero attached hydrogens (tertiary/aromatic N) is 1. The first kappa shape index (κ1) is 14.5. The first-order valence-corrected chi connectivity index (χ1v) is 6.24. The van der Waals surface area contributed by atoms with E-state index in [1.165, 1.54) is 0 Å². The molecule has 0 aliphatic heterocycles. The Kier molecular flexibility index (Phi) is 5.59. The predicted molar refractivity (Wildman–Crippen MR) is 73.1 cm³/mol. The van der Waals surface area contributed by atoms with Crippen molar-refractivity contribution in [3.8, 4) is 0 Å². The van der Waals surface area contributed by atoms with E-state index in [1.54, 1.807) is 18.0 Å². The molecule has 3 nitrogen and oxygen atoms in total. The molecule has 0 bridgehead atoms. The SMILES string of the molecule is CC/C=C/C(=O)N(C)[C@H](C)[C@@H](O)c1ccccc1.